The number of aryl methyl sites for hydroxylation is 1. The molecule has 19 heavy (non-hydrogen) atoms. The maximum Gasteiger partial charge on any atom is 0.212 e. The predicted octanol–water partition coefficient (Wildman–Crippen LogP) is 4.25. The molecular weight excluding hydrogens is 308 g/mol. The number of nitrogens with zero attached hydrogens (tertiary/aromatic N) is 1. The Hall–Kier alpha value is -2.01. The molecule has 96 valence electrons. The second kappa shape index (κ2) is 4.59. The summed E-state index contributed by atoms with van der Waals surface area (Å²) < 4.78 is 11.7. The summed E-state index contributed by atoms with van der Waals surface area (Å²) in [6.07, 6.45) is 1.62. The van der Waals surface area contributed by atoms with E-state index in [1.54, 1.807) is 6.26 Å². The van der Waals surface area contributed by atoms with Gasteiger partial charge >= 0.3 is 0 Å². The van der Waals surface area contributed by atoms with Crippen LogP contribution in [0, 0.1) is 6.92 Å². The molecule has 3 aromatic rings. The summed E-state index contributed by atoms with van der Waals surface area (Å²) in [5.41, 5.74) is 8.57. The first kappa shape index (κ1) is 12.0. The summed E-state index contributed by atoms with van der Waals surface area (Å²) in [6, 6.07) is 9.65. The van der Waals surface area contributed by atoms with Crippen molar-refractivity contribution in [1.29, 1.82) is 0 Å². The average Bonchev–Trinajstić information content (AvgIpc) is 2.96. The molecule has 0 unspecified atom stereocenters. The monoisotopic (exact) mass is 318 g/mol. The largest absolute Gasteiger partial charge is 0.461 e. The van der Waals surface area contributed by atoms with Crippen molar-refractivity contribution in [2.75, 3.05) is 5.73 Å². The fourth-order valence-electron chi connectivity index (χ4n) is 1.99. The fourth-order valence-corrected chi connectivity index (χ4v) is 2.47. The molecule has 4 nitrogen and oxygen atoms in total. The fraction of sp³-hybridized carbons (Fsp3) is 0.0714. The summed E-state index contributed by atoms with van der Waals surface area (Å²) in [5.74, 6) is 1.54. The molecule has 0 atom stereocenters. The van der Waals surface area contributed by atoms with Gasteiger partial charge < -0.3 is 14.7 Å². The number of hydrogen-bond donors (Lipinski definition) is 1. The zero-order chi connectivity index (χ0) is 13.4. The van der Waals surface area contributed by atoms with Crippen LogP contribution in [0.3, 0.4) is 0 Å². The summed E-state index contributed by atoms with van der Waals surface area (Å²) in [5, 5.41) is 3.85. The zero-order valence-electron chi connectivity index (χ0n) is 10.2. The third-order valence-electron chi connectivity index (χ3n) is 2.93. The molecule has 2 aromatic heterocycles. The highest BCUT2D eigenvalue weighted by molar-refractivity contribution is 9.10. The number of furan rings is 1. The second-order valence-corrected chi connectivity index (χ2v) is 5.04. The lowest BCUT2D eigenvalue weighted by Gasteiger charge is -2.04. The molecule has 0 aliphatic carbocycles. The number of halogens is 1. The molecule has 3 rings (SSSR count). The number of aromatic nitrogens is 1. The van der Waals surface area contributed by atoms with Crippen LogP contribution in [-0.2, 0) is 0 Å². The van der Waals surface area contributed by atoms with Crippen LogP contribution in [0.4, 0.5) is 5.82 Å². The van der Waals surface area contributed by atoms with Crippen LogP contribution in [0.2, 0.25) is 0 Å². The first-order chi connectivity index (χ1) is 9.18. The molecule has 0 saturated carbocycles. The van der Waals surface area contributed by atoms with Crippen molar-refractivity contribution in [1.82, 2.24) is 5.16 Å². The molecule has 2 heterocycles. The van der Waals surface area contributed by atoms with Gasteiger partial charge in [-0.3, -0.25) is 0 Å². The molecule has 1 aromatic carbocycles. The Bertz CT molecular complexity index is 731. The van der Waals surface area contributed by atoms with Gasteiger partial charge in [-0.05, 0) is 24.6 Å². The van der Waals surface area contributed by atoms with Crippen LogP contribution in [0.1, 0.15) is 5.56 Å². The van der Waals surface area contributed by atoms with E-state index in [4.69, 9.17) is 14.7 Å². The van der Waals surface area contributed by atoms with Gasteiger partial charge in [-0.2, -0.15) is 0 Å². The zero-order valence-corrected chi connectivity index (χ0v) is 11.8. The first-order valence-corrected chi connectivity index (χ1v) is 6.52. The Balaban J connectivity index is 2.26. The number of benzene rings is 1. The van der Waals surface area contributed by atoms with Crippen molar-refractivity contribution in [3.63, 3.8) is 0 Å². The van der Waals surface area contributed by atoms with Crippen LogP contribution in [0.25, 0.3) is 22.6 Å². The van der Waals surface area contributed by atoms with Crippen molar-refractivity contribution >= 4 is 21.7 Å². The molecule has 0 aliphatic rings. The van der Waals surface area contributed by atoms with Crippen molar-refractivity contribution in [3.05, 3.63) is 46.6 Å². The van der Waals surface area contributed by atoms with E-state index in [0.29, 0.717) is 17.3 Å². The minimum Gasteiger partial charge on any atom is -0.461 e. The van der Waals surface area contributed by atoms with Crippen LogP contribution in [0.5, 0.6) is 0 Å². The van der Waals surface area contributed by atoms with Gasteiger partial charge in [0, 0.05) is 10.0 Å². The quantitative estimate of drug-likeness (QED) is 0.766. The molecule has 0 fully saturated rings. The van der Waals surface area contributed by atoms with Gasteiger partial charge in [0.15, 0.2) is 11.6 Å². The van der Waals surface area contributed by atoms with Gasteiger partial charge in [0.05, 0.1) is 11.8 Å². The Kier molecular flexibility index (Phi) is 2.91. The van der Waals surface area contributed by atoms with Gasteiger partial charge in [-0.15, -0.1) is 0 Å². The average molecular weight is 319 g/mol. The molecular formula is C14H11BrN2O2. The number of hydrogen-bond acceptors (Lipinski definition) is 4. The first-order valence-electron chi connectivity index (χ1n) is 5.73. The SMILES string of the molecule is Cc1ccoc1-c1onc(N)c1-c1ccccc1Br. The maximum absolute atomic E-state index is 5.93. The third kappa shape index (κ3) is 1.96. The smallest absolute Gasteiger partial charge is 0.212 e. The van der Waals surface area contributed by atoms with Gasteiger partial charge in [-0.1, -0.05) is 39.3 Å². The highest BCUT2D eigenvalue weighted by Gasteiger charge is 2.22. The van der Waals surface area contributed by atoms with Gasteiger partial charge in [0.25, 0.3) is 0 Å². The minimum absolute atomic E-state index is 0.345. The second-order valence-electron chi connectivity index (χ2n) is 4.18. The molecule has 2 N–H and O–H groups in total. The van der Waals surface area contributed by atoms with Crippen molar-refractivity contribution in [3.8, 4) is 22.6 Å². The van der Waals surface area contributed by atoms with Crippen LogP contribution in [0.15, 0.2) is 50.0 Å². The van der Waals surface area contributed by atoms with Crippen LogP contribution < -0.4 is 5.73 Å². The van der Waals surface area contributed by atoms with Crippen LogP contribution >= 0.6 is 15.9 Å². The normalized spacial score (nSPS) is 10.8. The lowest BCUT2D eigenvalue weighted by atomic mass is 10.0. The van der Waals surface area contributed by atoms with Crippen molar-refractivity contribution < 1.29 is 8.94 Å². The topological polar surface area (TPSA) is 65.2 Å². The minimum atomic E-state index is 0.345. The summed E-state index contributed by atoms with van der Waals surface area (Å²) in [4.78, 5) is 0. The van der Waals surface area contributed by atoms with E-state index in [1.165, 1.54) is 0 Å². The Morgan fingerprint density at radius 1 is 1.16 bits per heavy atom. The van der Waals surface area contributed by atoms with Gasteiger partial charge in [0.1, 0.15) is 0 Å². The van der Waals surface area contributed by atoms with Crippen molar-refractivity contribution in [2.24, 2.45) is 0 Å². The van der Waals surface area contributed by atoms with E-state index in [0.717, 1.165) is 21.2 Å². The highest BCUT2D eigenvalue weighted by Crippen LogP contribution is 2.40. The summed E-state index contributed by atoms with van der Waals surface area (Å²) in [7, 11) is 0. The van der Waals surface area contributed by atoms with Crippen molar-refractivity contribution in [2.45, 2.75) is 6.92 Å². The van der Waals surface area contributed by atoms with E-state index < -0.39 is 0 Å². The molecule has 0 bridgehead atoms. The number of rotatable bonds is 2. The third-order valence-corrected chi connectivity index (χ3v) is 3.62. The standard InChI is InChI=1S/C14H11BrN2O2/c1-8-6-7-18-12(8)13-11(14(16)17-19-13)9-4-2-3-5-10(9)15/h2-7H,1H3,(H2,16,17). The van der Waals surface area contributed by atoms with E-state index in [9.17, 15) is 0 Å². The Morgan fingerprint density at radius 2 is 1.95 bits per heavy atom. The lowest BCUT2D eigenvalue weighted by Crippen LogP contribution is -1.89. The molecule has 0 radical (unpaired) electrons. The Morgan fingerprint density at radius 3 is 2.63 bits per heavy atom. The maximum atomic E-state index is 5.93. The van der Waals surface area contributed by atoms with Gasteiger partial charge in [-0.25, -0.2) is 0 Å². The van der Waals surface area contributed by atoms with E-state index in [1.807, 2.05) is 37.3 Å². The summed E-state index contributed by atoms with van der Waals surface area (Å²) >= 11 is 3.51. The molecule has 0 amide bonds. The molecule has 0 spiro atoms. The van der Waals surface area contributed by atoms with E-state index in [-0.39, 0.29) is 0 Å². The number of nitrogens with two attached hydrogens (primary N) is 1. The Labute approximate surface area is 118 Å². The molecule has 0 saturated heterocycles. The highest BCUT2D eigenvalue weighted by atomic mass is 79.9. The molecule has 0 aliphatic heterocycles. The predicted molar refractivity (Wildman–Crippen MR) is 76.5 cm³/mol. The molecule has 5 heteroatoms. The lowest BCUT2D eigenvalue weighted by molar-refractivity contribution is 0.421. The number of nitrogen functional groups attached to an aromatic ring is 1. The van der Waals surface area contributed by atoms with Crippen LogP contribution in [-0.4, -0.2) is 5.16 Å². The van der Waals surface area contributed by atoms with Gasteiger partial charge in [0.2, 0.25) is 5.76 Å². The van der Waals surface area contributed by atoms with E-state index in [2.05, 4.69) is 21.1 Å². The number of anilines is 1. The van der Waals surface area contributed by atoms with E-state index >= 15 is 0 Å². The summed E-state index contributed by atoms with van der Waals surface area (Å²) in [6.45, 7) is 1.95.